The molecule has 24 heavy (non-hydrogen) atoms. The number of carbonyl (C=O) groups is 1. The summed E-state index contributed by atoms with van der Waals surface area (Å²) in [6, 6.07) is 0.270. The molecule has 6 nitrogen and oxygen atoms in total. The van der Waals surface area contributed by atoms with Crippen molar-refractivity contribution in [2.75, 3.05) is 18.9 Å². The van der Waals surface area contributed by atoms with Crippen LogP contribution in [0.3, 0.4) is 0 Å². The summed E-state index contributed by atoms with van der Waals surface area (Å²) in [5.41, 5.74) is -0.317. The van der Waals surface area contributed by atoms with Crippen molar-refractivity contribution >= 4 is 17.5 Å². The first-order valence-corrected chi connectivity index (χ1v) is 9.88. The number of ketones is 1. The van der Waals surface area contributed by atoms with Crippen LogP contribution >= 0.6 is 11.8 Å². The monoisotopic (exact) mass is 352 g/mol. The summed E-state index contributed by atoms with van der Waals surface area (Å²) in [7, 11) is 0. The van der Waals surface area contributed by atoms with Crippen molar-refractivity contribution in [1.82, 2.24) is 20.1 Å². The van der Waals surface area contributed by atoms with Gasteiger partial charge in [0, 0.05) is 12.0 Å². The molecule has 1 aromatic rings. The van der Waals surface area contributed by atoms with Crippen molar-refractivity contribution in [2.45, 2.75) is 70.3 Å². The van der Waals surface area contributed by atoms with Crippen LogP contribution in [0.1, 0.15) is 58.3 Å². The minimum Gasteiger partial charge on any atom is -0.376 e. The molecule has 7 heteroatoms. The summed E-state index contributed by atoms with van der Waals surface area (Å²) >= 11 is 1.50. The lowest BCUT2D eigenvalue weighted by Gasteiger charge is -2.18. The van der Waals surface area contributed by atoms with Crippen molar-refractivity contribution in [2.24, 2.45) is 5.41 Å². The minimum absolute atomic E-state index is 0.235. The molecule has 0 radical (unpaired) electrons. The Morgan fingerprint density at radius 1 is 1.33 bits per heavy atom. The number of nitrogens with zero attached hydrogens (tertiary/aromatic N) is 3. The molecule has 3 heterocycles. The number of nitrogens with one attached hydrogen (secondary N) is 1. The van der Waals surface area contributed by atoms with Gasteiger partial charge >= 0.3 is 0 Å². The minimum atomic E-state index is -0.317. The van der Waals surface area contributed by atoms with E-state index in [1.165, 1.54) is 18.2 Å². The van der Waals surface area contributed by atoms with Gasteiger partial charge in [-0.2, -0.15) is 0 Å². The van der Waals surface area contributed by atoms with Gasteiger partial charge in [-0.15, -0.1) is 10.2 Å². The van der Waals surface area contributed by atoms with Crippen LogP contribution in [0, 0.1) is 5.41 Å². The molecule has 2 atom stereocenters. The van der Waals surface area contributed by atoms with E-state index in [9.17, 15) is 4.79 Å². The van der Waals surface area contributed by atoms with Crippen LogP contribution in [0.4, 0.5) is 0 Å². The van der Waals surface area contributed by atoms with Crippen LogP contribution in [-0.2, 0) is 16.1 Å². The summed E-state index contributed by atoms with van der Waals surface area (Å²) in [4.78, 5) is 12.2. The molecule has 1 aromatic heterocycles. The molecule has 2 aliphatic heterocycles. The van der Waals surface area contributed by atoms with Crippen LogP contribution in [0.2, 0.25) is 0 Å². The van der Waals surface area contributed by atoms with Crippen molar-refractivity contribution in [1.29, 1.82) is 0 Å². The van der Waals surface area contributed by atoms with Gasteiger partial charge in [0.05, 0.1) is 24.4 Å². The Kier molecular flexibility index (Phi) is 5.62. The number of rotatable bonds is 6. The molecule has 0 spiro atoms. The Labute approximate surface area is 148 Å². The zero-order valence-electron chi connectivity index (χ0n) is 14.9. The maximum atomic E-state index is 12.2. The van der Waals surface area contributed by atoms with Crippen LogP contribution in [0.5, 0.6) is 0 Å². The second kappa shape index (κ2) is 7.54. The fourth-order valence-electron chi connectivity index (χ4n) is 3.08. The van der Waals surface area contributed by atoms with E-state index >= 15 is 0 Å². The molecule has 2 fully saturated rings. The Bertz CT molecular complexity index is 570. The van der Waals surface area contributed by atoms with Crippen LogP contribution < -0.4 is 5.32 Å². The zero-order valence-corrected chi connectivity index (χ0v) is 15.7. The summed E-state index contributed by atoms with van der Waals surface area (Å²) in [5.74, 6) is 1.67. The number of ether oxygens (including phenoxy) is 1. The number of Topliss-reactive ketones (excluding diaryl/α,β-unsaturated/α-hetero) is 1. The van der Waals surface area contributed by atoms with Gasteiger partial charge in [-0.05, 0) is 32.2 Å². The lowest BCUT2D eigenvalue weighted by atomic mass is 9.92. The van der Waals surface area contributed by atoms with E-state index in [0.717, 1.165) is 49.9 Å². The Hall–Kier alpha value is -0.920. The lowest BCUT2D eigenvalue weighted by molar-refractivity contribution is -0.123. The van der Waals surface area contributed by atoms with E-state index in [0.29, 0.717) is 5.75 Å². The third-order valence-corrected chi connectivity index (χ3v) is 5.66. The van der Waals surface area contributed by atoms with Crippen molar-refractivity contribution in [3.63, 3.8) is 0 Å². The van der Waals surface area contributed by atoms with Gasteiger partial charge in [0.25, 0.3) is 0 Å². The predicted molar refractivity (Wildman–Crippen MR) is 94.2 cm³/mol. The summed E-state index contributed by atoms with van der Waals surface area (Å²) in [6.45, 7) is 8.53. The van der Waals surface area contributed by atoms with Crippen molar-refractivity contribution in [3.05, 3.63) is 5.82 Å². The highest BCUT2D eigenvalue weighted by atomic mass is 32.2. The maximum Gasteiger partial charge on any atom is 0.191 e. The SMILES string of the molecule is CC(C)(C)C(=O)CSc1nnc(C2CCCN2)n1CC1CCCO1. The summed E-state index contributed by atoms with van der Waals surface area (Å²) in [6.07, 6.45) is 4.70. The van der Waals surface area contributed by atoms with E-state index in [2.05, 4.69) is 20.1 Å². The van der Waals surface area contributed by atoms with Gasteiger partial charge in [0.15, 0.2) is 11.0 Å². The van der Waals surface area contributed by atoms with Crippen LogP contribution in [-0.4, -0.2) is 45.6 Å². The highest BCUT2D eigenvalue weighted by Gasteiger charge is 2.28. The number of aromatic nitrogens is 3. The molecule has 0 saturated carbocycles. The first kappa shape index (κ1) is 17.9. The molecule has 0 aromatic carbocycles. The molecular weight excluding hydrogens is 324 g/mol. The molecule has 2 aliphatic rings. The highest BCUT2D eigenvalue weighted by molar-refractivity contribution is 7.99. The maximum absolute atomic E-state index is 12.2. The van der Waals surface area contributed by atoms with Gasteiger partial charge < -0.3 is 14.6 Å². The molecule has 134 valence electrons. The topological polar surface area (TPSA) is 69.0 Å². The second-order valence-corrected chi connectivity index (χ2v) is 8.64. The largest absolute Gasteiger partial charge is 0.376 e. The normalized spacial score (nSPS) is 24.6. The van der Waals surface area contributed by atoms with E-state index in [-0.39, 0.29) is 23.3 Å². The fraction of sp³-hybridized carbons (Fsp3) is 0.824. The van der Waals surface area contributed by atoms with E-state index in [1.807, 2.05) is 20.8 Å². The molecule has 0 aliphatic carbocycles. The van der Waals surface area contributed by atoms with Gasteiger partial charge in [-0.1, -0.05) is 32.5 Å². The standard InChI is InChI=1S/C17H28N4O2S/c1-17(2,3)14(22)11-24-16-20-19-15(13-7-4-8-18-13)21(16)10-12-6-5-9-23-12/h12-13,18H,4-11H2,1-3H3. The molecule has 2 unspecified atom stereocenters. The van der Waals surface area contributed by atoms with E-state index in [1.54, 1.807) is 0 Å². The highest BCUT2D eigenvalue weighted by Crippen LogP contribution is 2.29. The van der Waals surface area contributed by atoms with Crippen molar-refractivity contribution in [3.8, 4) is 0 Å². The number of carbonyl (C=O) groups excluding carboxylic acids is 1. The molecule has 2 saturated heterocycles. The van der Waals surface area contributed by atoms with Crippen molar-refractivity contribution < 1.29 is 9.53 Å². The van der Waals surface area contributed by atoms with Gasteiger partial charge in [-0.3, -0.25) is 4.79 Å². The Morgan fingerprint density at radius 3 is 2.79 bits per heavy atom. The predicted octanol–water partition coefficient (Wildman–Crippen LogP) is 2.59. The van der Waals surface area contributed by atoms with Crippen LogP contribution in [0.25, 0.3) is 0 Å². The fourth-order valence-corrected chi connectivity index (χ4v) is 4.20. The smallest absolute Gasteiger partial charge is 0.191 e. The molecule has 0 bridgehead atoms. The number of thioether (sulfide) groups is 1. The molecule has 1 N–H and O–H groups in total. The average molecular weight is 353 g/mol. The lowest BCUT2D eigenvalue weighted by Crippen LogP contribution is -2.24. The molecule has 0 amide bonds. The third-order valence-electron chi connectivity index (χ3n) is 4.70. The first-order valence-electron chi connectivity index (χ1n) is 8.89. The average Bonchev–Trinajstić information content (AvgIpc) is 3.26. The molecular formula is C17H28N4O2S. The zero-order chi connectivity index (χ0) is 17.2. The first-order chi connectivity index (χ1) is 11.4. The number of hydrogen-bond acceptors (Lipinski definition) is 6. The second-order valence-electron chi connectivity index (χ2n) is 7.70. The summed E-state index contributed by atoms with van der Waals surface area (Å²) < 4.78 is 7.99. The molecule has 3 rings (SSSR count). The van der Waals surface area contributed by atoms with Gasteiger partial charge in [-0.25, -0.2) is 0 Å². The van der Waals surface area contributed by atoms with E-state index < -0.39 is 0 Å². The van der Waals surface area contributed by atoms with E-state index in [4.69, 9.17) is 4.74 Å². The van der Waals surface area contributed by atoms with Gasteiger partial charge in [0.2, 0.25) is 0 Å². The van der Waals surface area contributed by atoms with Crippen LogP contribution in [0.15, 0.2) is 5.16 Å². The summed E-state index contributed by atoms with van der Waals surface area (Å²) in [5, 5.41) is 13.2. The number of hydrogen-bond donors (Lipinski definition) is 1. The van der Waals surface area contributed by atoms with Gasteiger partial charge in [0.1, 0.15) is 5.78 Å². The Morgan fingerprint density at radius 2 is 2.17 bits per heavy atom. The quantitative estimate of drug-likeness (QED) is 0.794. The third kappa shape index (κ3) is 4.18. The Balaban J connectivity index is 1.75.